The summed E-state index contributed by atoms with van der Waals surface area (Å²) in [7, 11) is 0. The van der Waals surface area contributed by atoms with E-state index in [1.165, 1.54) is 5.56 Å². The summed E-state index contributed by atoms with van der Waals surface area (Å²) in [5, 5.41) is 6.00. The number of ether oxygens (including phenoxy) is 1. The number of hydrogen-bond donors (Lipinski definition) is 1. The molecule has 0 aromatic heterocycles. The fourth-order valence-electron chi connectivity index (χ4n) is 4.54. The van der Waals surface area contributed by atoms with Crippen LogP contribution in [0.1, 0.15) is 35.1 Å². The van der Waals surface area contributed by atoms with Gasteiger partial charge in [0.05, 0.1) is 26.8 Å². The Labute approximate surface area is 201 Å². The number of benzene rings is 3. The van der Waals surface area contributed by atoms with E-state index in [9.17, 15) is 0 Å². The molecule has 3 atom stereocenters. The number of hydrogen-bond acceptors (Lipinski definition) is 2. The maximum absolute atomic E-state index is 6.57. The molecular formula is C25H19Cl4NO. The standard InChI is InChI=1S/C25H19Cl4NO/c26-19-7-2-1-4-15(19)13-31-16-10-8-14(9-11-16)24-18-6-3-5-17(18)22-23(29)20(27)12-21(28)25(22)30-24/h1-5,7-12,17-18,24,30H,6,13H2/t17-,18+,24-/m1/s1. The minimum Gasteiger partial charge on any atom is -0.489 e. The maximum Gasteiger partial charge on any atom is 0.119 e. The maximum atomic E-state index is 6.57. The summed E-state index contributed by atoms with van der Waals surface area (Å²) in [5.74, 6) is 1.32. The fourth-order valence-corrected chi connectivity index (χ4v) is 5.54. The highest BCUT2D eigenvalue weighted by atomic mass is 35.5. The van der Waals surface area contributed by atoms with E-state index in [0.717, 1.165) is 29.0 Å². The Morgan fingerprint density at radius 2 is 1.68 bits per heavy atom. The Hall–Kier alpha value is -1.84. The van der Waals surface area contributed by atoms with E-state index in [2.05, 4.69) is 29.6 Å². The van der Waals surface area contributed by atoms with Crippen LogP contribution in [0.5, 0.6) is 5.75 Å². The highest BCUT2D eigenvalue weighted by Gasteiger charge is 2.40. The molecule has 158 valence electrons. The van der Waals surface area contributed by atoms with E-state index in [1.54, 1.807) is 6.07 Å². The highest BCUT2D eigenvalue weighted by molar-refractivity contribution is 6.44. The third-order valence-electron chi connectivity index (χ3n) is 6.07. The average Bonchev–Trinajstić information content (AvgIpc) is 3.26. The van der Waals surface area contributed by atoms with Crippen LogP contribution in [0.2, 0.25) is 20.1 Å². The zero-order valence-corrected chi connectivity index (χ0v) is 19.4. The molecule has 0 radical (unpaired) electrons. The van der Waals surface area contributed by atoms with Crippen LogP contribution in [0, 0.1) is 5.92 Å². The van der Waals surface area contributed by atoms with Gasteiger partial charge >= 0.3 is 0 Å². The van der Waals surface area contributed by atoms with Gasteiger partial charge in [-0.15, -0.1) is 0 Å². The lowest BCUT2D eigenvalue weighted by Gasteiger charge is -2.38. The molecule has 31 heavy (non-hydrogen) atoms. The van der Waals surface area contributed by atoms with Gasteiger partial charge in [-0.25, -0.2) is 0 Å². The van der Waals surface area contributed by atoms with Crippen molar-refractivity contribution >= 4 is 52.1 Å². The molecule has 0 spiro atoms. The van der Waals surface area contributed by atoms with Crippen LogP contribution < -0.4 is 10.1 Å². The summed E-state index contributed by atoms with van der Waals surface area (Å²) < 4.78 is 5.94. The zero-order chi connectivity index (χ0) is 21.5. The van der Waals surface area contributed by atoms with Gasteiger partial charge in [0.1, 0.15) is 12.4 Å². The minimum absolute atomic E-state index is 0.111. The van der Waals surface area contributed by atoms with Crippen LogP contribution in [-0.4, -0.2) is 0 Å². The molecule has 0 fully saturated rings. The first-order valence-corrected chi connectivity index (χ1v) is 11.6. The fraction of sp³-hybridized carbons (Fsp3) is 0.200. The van der Waals surface area contributed by atoms with Crippen LogP contribution in [0.25, 0.3) is 0 Å². The van der Waals surface area contributed by atoms with Gasteiger partial charge in [-0.2, -0.15) is 0 Å². The Kier molecular flexibility index (Phi) is 5.83. The van der Waals surface area contributed by atoms with Crippen molar-refractivity contribution in [2.75, 3.05) is 5.32 Å². The van der Waals surface area contributed by atoms with Gasteiger partial charge < -0.3 is 10.1 Å². The Morgan fingerprint density at radius 1 is 0.903 bits per heavy atom. The van der Waals surface area contributed by atoms with Crippen molar-refractivity contribution in [3.05, 3.63) is 104 Å². The van der Waals surface area contributed by atoms with Crippen LogP contribution in [-0.2, 0) is 6.61 Å². The smallest absolute Gasteiger partial charge is 0.119 e. The van der Waals surface area contributed by atoms with Gasteiger partial charge in [0.2, 0.25) is 0 Å². The molecule has 3 aromatic carbocycles. The number of halogens is 4. The monoisotopic (exact) mass is 489 g/mol. The number of allylic oxidation sites excluding steroid dienone is 2. The molecule has 0 saturated carbocycles. The molecule has 1 aliphatic heterocycles. The first-order chi connectivity index (χ1) is 15.0. The summed E-state index contributed by atoms with van der Waals surface area (Å²) in [4.78, 5) is 0. The highest BCUT2D eigenvalue weighted by Crippen LogP contribution is 2.55. The van der Waals surface area contributed by atoms with E-state index in [1.807, 2.05) is 36.4 Å². The average molecular weight is 491 g/mol. The second kappa shape index (κ2) is 8.60. The molecule has 1 N–H and O–H groups in total. The van der Waals surface area contributed by atoms with Crippen LogP contribution in [0.4, 0.5) is 5.69 Å². The van der Waals surface area contributed by atoms with Crippen molar-refractivity contribution in [3.8, 4) is 5.75 Å². The van der Waals surface area contributed by atoms with Gasteiger partial charge in [0.25, 0.3) is 0 Å². The van der Waals surface area contributed by atoms with Gasteiger partial charge in [-0.1, -0.05) is 88.9 Å². The van der Waals surface area contributed by atoms with E-state index >= 15 is 0 Å². The van der Waals surface area contributed by atoms with Crippen molar-refractivity contribution in [2.45, 2.75) is 25.0 Å². The minimum atomic E-state index is 0.111. The Bertz CT molecular complexity index is 1160. The normalized spacial score (nSPS) is 21.4. The van der Waals surface area contributed by atoms with Crippen molar-refractivity contribution in [3.63, 3.8) is 0 Å². The first kappa shape index (κ1) is 21.0. The largest absolute Gasteiger partial charge is 0.489 e. The summed E-state index contributed by atoms with van der Waals surface area (Å²) in [6.45, 7) is 0.428. The summed E-state index contributed by atoms with van der Waals surface area (Å²) in [6, 6.07) is 17.7. The summed E-state index contributed by atoms with van der Waals surface area (Å²) in [6.07, 6.45) is 5.40. The van der Waals surface area contributed by atoms with Crippen LogP contribution >= 0.6 is 46.4 Å². The van der Waals surface area contributed by atoms with Gasteiger partial charge in [-0.05, 0) is 42.2 Å². The van der Waals surface area contributed by atoms with Gasteiger partial charge in [0.15, 0.2) is 0 Å². The quantitative estimate of drug-likeness (QED) is 0.291. The SMILES string of the molecule is Clc1ccccc1COc1ccc([C@H]2Nc3c(Cl)cc(Cl)c(Cl)c3[C@@H]3C=CC[C@H]23)cc1. The number of rotatable bonds is 4. The van der Waals surface area contributed by atoms with Crippen molar-refractivity contribution < 1.29 is 4.74 Å². The predicted molar refractivity (Wildman–Crippen MR) is 130 cm³/mol. The number of anilines is 1. The molecule has 5 rings (SSSR count). The predicted octanol–water partition coefficient (Wildman–Crippen LogP) is 8.71. The van der Waals surface area contributed by atoms with Crippen molar-refractivity contribution in [1.29, 1.82) is 0 Å². The molecule has 0 amide bonds. The summed E-state index contributed by atoms with van der Waals surface area (Å²) >= 11 is 25.6. The molecule has 1 aliphatic carbocycles. The molecule has 3 aromatic rings. The first-order valence-electron chi connectivity index (χ1n) is 10.1. The zero-order valence-electron chi connectivity index (χ0n) is 16.4. The Morgan fingerprint density at radius 3 is 2.45 bits per heavy atom. The van der Waals surface area contributed by atoms with Crippen molar-refractivity contribution in [1.82, 2.24) is 0 Å². The van der Waals surface area contributed by atoms with Crippen LogP contribution in [0.15, 0.2) is 66.7 Å². The summed E-state index contributed by atoms with van der Waals surface area (Å²) in [5.41, 5.74) is 4.00. The van der Waals surface area contributed by atoms with Gasteiger partial charge in [0, 0.05) is 22.1 Å². The van der Waals surface area contributed by atoms with Crippen LogP contribution in [0.3, 0.4) is 0 Å². The van der Waals surface area contributed by atoms with Gasteiger partial charge in [-0.3, -0.25) is 0 Å². The lowest BCUT2D eigenvalue weighted by molar-refractivity contribution is 0.306. The van der Waals surface area contributed by atoms with E-state index < -0.39 is 0 Å². The molecule has 2 nitrogen and oxygen atoms in total. The molecule has 2 aliphatic rings. The van der Waals surface area contributed by atoms with E-state index in [4.69, 9.17) is 51.1 Å². The molecule has 1 heterocycles. The topological polar surface area (TPSA) is 21.3 Å². The molecule has 0 saturated heterocycles. The molecular weight excluding hydrogens is 472 g/mol. The third kappa shape index (κ3) is 3.91. The Balaban J connectivity index is 1.39. The van der Waals surface area contributed by atoms with Crippen molar-refractivity contribution in [2.24, 2.45) is 5.92 Å². The number of nitrogens with one attached hydrogen (secondary N) is 1. The lowest BCUT2D eigenvalue weighted by atomic mass is 9.77. The number of fused-ring (bicyclic) bond motifs is 3. The second-order valence-corrected chi connectivity index (χ2v) is 9.47. The molecule has 0 bridgehead atoms. The lowest BCUT2D eigenvalue weighted by Crippen LogP contribution is -2.29. The second-order valence-electron chi connectivity index (χ2n) is 7.87. The third-order valence-corrected chi connectivity index (χ3v) is 7.54. The van der Waals surface area contributed by atoms with E-state index in [-0.39, 0.29) is 12.0 Å². The molecule has 0 unspecified atom stereocenters. The molecule has 6 heteroatoms. The van der Waals surface area contributed by atoms with E-state index in [0.29, 0.717) is 32.6 Å².